The Morgan fingerprint density at radius 2 is 1.80 bits per heavy atom. The van der Waals surface area contributed by atoms with Crippen LogP contribution in [0.4, 0.5) is 0 Å². The van der Waals surface area contributed by atoms with Gasteiger partial charge in [0, 0.05) is 12.0 Å². The Labute approximate surface area is 146 Å². The van der Waals surface area contributed by atoms with E-state index in [9.17, 15) is 23.1 Å². The molecule has 0 unspecified atom stereocenters. The highest BCUT2D eigenvalue weighted by Gasteiger charge is 2.39. The summed E-state index contributed by atoms with van der Waals surface area (Å²) >= 11 is 0. The summed E-state index contributed by atoms with van der Waals surface area (Å²) in [6.07, 6.45) is -1.83. The van der Waals surface area contributed by atoms with E-state index in [-0.39, 0.29) is 17.9 Å². The van der Waals surface area contributed by atoms with Crippen LogP contribution in [0.25, 0.3) is 0 Å². The van der Waals surface area contributed by atoms with Gasteiger partial charge in [0.25, 0.3) is 16.0 Å². The van der Waals surface area contributed by atoms with E-state index in [0.717, 1.165) is 5.56 Å². The average molecular weight is 373 g/mol. The molecule has 0 bridgehead atoms. The Hall–Kier alpha value is -1.97. The molecule has 25 heavy (non-hydrogen) atoms. The van der Waals surface area contributed by atoms with E-state index in [1.54, 1.807) is 19.1 Å². The molecule has 0 aromatic heterocycles. The number of carbonyl (C=O) groups excluding carboxylic acids is 1. The van der Waals surface area contributed by atoms with Gasteiger partial charge in [0.1, 0.15) is 0 Å². The number of amides is 1. The van der Waals surface area contributed by atoms with E-state index in [4.69, 9.17) is 9.29 Å². The molecule has 0 fully saturated rings. The largest absolute Gasteiger partial charge is 0.481 e. The van der Waals surface area contributed by atoms with Crippen LogP contribution in [-0.2, 0) is 23.9 Å². The lowest BCUT2D eigenvalue weighted by atomic mass is 9.87. The van der Waals surface area contributed by atoms with Crippen LogP contribution in [0.3, 0.4) is 0 Å². The fraction of sp³-hybridized carbons (Fsp3) is 0.500. The Bertz CT molecular complexity index is 711. The van der Waals surface area contributed by atoms with Crippen molar-refractivity contribution in [3.63, 3.8) is 0 Å². The summed E-state index contributed by atoms with van der Waals surface area (Å²) in [5, 5.41) is 20.4. The van der Waals surface area contributed by atoms with Gasteiger partial charge in [-0.2, -0.15) is 8.42 Å². The second kappa shape index (κ2) is 8.41. The molecule has 8 nitrogen and oxygen atoms in total. The molecule has 1 aromatic carbocycles. The van der Waals surface area contributed by atoms with Crippen molar-refractivity contribution >= 4 is 22.0 Å². The zero-order chi connectivity index (χ0) is 19.3. The molecule has 3 N–H and O–H groups in total. The standard InChI is InChI=1S/C16H23NO7S/c1-11-4-6-12(7-5-11)25(22,23)24-14(16(2,3)10-18)15(21)17-9-8-13(19)20/h4-7,14,18H,8-10H2,1-3H3,(H,17,21)(H,19,20)/t14-/m0/s1. The summed E-state index contributed by atoms with van der Waals surface area (Å²) in [6, 6.07) is 5.90. The highest BCUT2D eigenvalue weighted by Crippen LogP contribution is 2.27. The third-order valence-corrected chi connectivity index (χ3v) is 4.82. The number of rotatable bonds is 9. The van der Waals surface area contributed by atoms with Crippen molar-refractivity contribution in [3.05, 3.63) is 29.8 Å². The lowest BCUT2D eigenvalue weighted by Crippen LogP contribution is -2.48. The van der Waals surface area contributed by atoms with Crippen molar-refractivity contribution in [1.82, 2.24) is 5.32 Å². The molecule has 9 heteroatoms. The van der Waals surface area contributed by atoms with Gasteiger partial charge < -0.3 is 15.5 Å². The fourth-order valence-corrected chi connectivity index (χ4v) is 3.07. The summed E-state index contributed by atoms with van der Waals surface area (Å²) in [5.41, 5.74) is -0.344. The first-order chi connectivity index (χ1) is 11.5. The average Bonchev–Trinajstić information content (AvgIpc) is 2.52. The van der Waals surface area contributed by atoms with Crippen LogP contribution in [0.15, 0.2) is 29.2 Å². The Kier molecular flexibility index (Phi) is 7.09. The molecule has 1 rings (SSSR count). The van der Waals surface area contributed by atoms with E-state index in [2.05, 4.69) is 5.32 Å². The van der Waals surface area contributed by atoms with Gasteiger partial charge in [-0.1, -0.05) is 31.5 Å². The lowest BCUT2D eigenvalue weighted by molar-refractivity contribution is -0.137. The summed E-state index contributed by atoms with van der Waals surface area (Å²) in [7, 11) is -4.24. The number of aliphatic hydroxyl groups is 1. The first-order valence-electron chi connectivity index (χ1n) is 7.60. The minimum atomic E-state index is -4.24. The van der Waals surface area contributed by atoms with Crippen molar-refractivity contribution in [3.8, 4) is 0 Å². The quantitative estimate of drug-likeness (QED) is 0.543. The predicted molar refractivity (Wildman–Crippen MR) is 89.4 cm³/mol. The molecule has 0 radical (unpaired) electrons. The van der Waals surface area contributed by atoms with Crippen LogP contribution in [-0.4, -0.2) is 49.8 Å². The van der Waals surface area contributed by atoms with Gasteiger partial charge in [-0.05, 0) is 19.1 Å². The number of hydrogen-bond donors (Lipinski definition) is 3. The van der Waals surface area contributed by atoms with Gasteiger partial charge in [-0.25, -0.2) is 0 Å². The first-order valence-corrected chi connectivity index (χ1v) is 9.01. The van der Waals surface area contributed by atoms with Crippen LogP contribution in [0, 0.1) is 12.3 Å². The third-order valence-electron chi connectivity index (χ3n) is 3.53. The van der Waals surface area contributed by atoms with E-state index in [1.807, 2.05) is 0 Å². The second-order valence-corrected chi connectivity index (χ2v) is 7.90. The molecule has 0 saturated carbocycles. The fourth-order valence-electron chi connectivity index (χ4n) is 1.88. The van der Waals surface area contributed by atoms with Crippen molar-refractivity contribution in [2.45, 2.75) is 38.2 Å². The number of aliphatic carboxylic acids is 1. The summed E-state index contributed by atoms with van der Waals surface area (Å²) in [6.45, 7) is 4.05. The molecule has 0 aliphatic heterocycles. The number of aliphatic hydroxyl groups excluding tert-OH is 1. The molecule has 0 aliphatic rings. The number of carboxylic acid groups (broad SMARTS) is 1. The number of hydrogen-bond acceptors (Lipinski definition) is 6. The number of carboxylic acids is 1. The third kappa shape index (κ3) is 6.11. The maximum absolute atomic E-state index is 12.4. The van der Waals surface area contributed by atoms with Crippen molar-refractivity contribution < 1.29 is 32.4 Å². The van der Waals surface area contributed by atoms with Gasteiger partial charge in [0.2, 0.25) is 0 Å². The predicted octanol–water partition coefficient (Wildman–Crippen LogP) is 0.678. The molecule has 0 spiro atoms. The number of nitrogens with one attached hydrogen (secondary N) is 1. The molecule has 140 valence electrons. The van der Waals surface area contributed by atoms with E-state index in [1.165, 1.54) is 26.0 Å². The summed E-state index contributed by atoms with van der Waals surface area (Å²) < 4.78 is 29.9. The molecular formula is C16H23NO7S. The molecular weight excluding hydrogens is 350 g/mol. The smallest absolute Gasteiger partial charge is 0.305 e. The van der Waals surface area contributed by atoms with Crippen LogP contribution >= 0.6 is 0 Å². The Morgan fingerprint density at radius 1 is 1.24 bits per heavy atom. The summed E-state index contributed by atoms with van der Waals surface area (Å²) in [5.74, 6) is -1.91. The second-order valence-electron chi connectivity index (χ2n) is 6.32. The minimum absolute atomic E-state index is 0.116. The van der Waals surface area contributed by atoms with Crippen molar-refractivity contribution in [1.29, 1.82) is 0 Å². The van der Waals surface area contributed by atoms with Gasteiger partial charge in [-0.15, -0.1) is 0 Å². The molecule has 0 heterocycles. The van der Waals surface area contributed by atoms with E-state index in [0.29, 0.717) is 0 Å². The van der Waals surface area contributed by atoms with Gasteiger partial charge >= 0.3 is 5.97 Å². The SMILES string of the molecule is Cc1ccc(S(=O)(=O)O[C@@H](C(=O)NCCC(=O)O)C(C)(C)CO)cc1. The maximum atomic E-state index is 12.4. The zero-order valence-corrected chi connectivity index (χ0v) is 15.2. The normalized spacial score (nSPS) is 13.3. The van der Waals surface area contributed by atoms with E-state index < -0.39 is 40.1 Å². The zero-order valence-electron chi connectivity index (χ0n) is 14.4. The maximum Gasteiger partial charge on any atom is 0.305 e. The Morgan fingerprint density at radius 3 is 2.28 bits per heavy atom. The topological polar surface area (TPSA) is 130 Å². The van der Waals surface area contributed by atoms with Gasteiger partial charge in [0.15, 0.2) is 6.10 Å². The van der Waals surface area contributed by atoms with Crippen molar-refractivity contribution in [2.24, 2.45) is 5.41 Å². The molecule has 0 aliphatic carbocycles. The number of aryl methyl sites for hydroxylation is 1. The number of carbonyl (C=O) groups is 2. The van der Waals surface area contributed by atoms with Crippen LogP contribution in [0.1, 0.15) is 25.8 Å². The number of benzene rings is 1. The van der Waals surface area contributed by atoms with Crippen LogP contribution in [0.5, 0.6) is 0 Å². The van der Waals surface area contributed by atoms with Crippen LogP contribution in [0.2, 0.25) is 0 Å². The highest BCUT2D eigenvalue weighted by molar-refractivity contribution is 7.86. The minimum Gasteiger partial charge on any atom is -0.481 e. The molecule has 1 aromatic rings. The summed E-state index contributed by atoms with van der Waals surface area (Å²) in [4.78, 5) is 22.7. The lowest BCUT2D eigenvalue weighted by Gasteiger charge is -2.30. The van der Waals surface area contributed by atoms with Crippen LogP contribution < -0.4 is 5.32 Å². The van der Waals surface area contributed by atoms with E-state index >= 15 is 0 Å². The first kappa shape index (κ1) is 21.1. The molecule has 1 amide bonds. The van der Waals surface area contributed by atoms with Crippen molar-refractivity contribution in [2.75, 3.05) is 13.2 Å². The van der Waals surface area contributed by atoms with Gasteiger partial charge in [-0.3, -0.25) is 13.8 Å². The molecule has 1 atom stereocenters. The Balaban J connectivity index is 3.02. The monoisotopic (exact) mass is 373 g/mol. The van der Waals surface area contributed by atoms with Gasteiger partial charge in [0.05, 0.1) is 17.9 Å². The molecule has 0 saturated heterocycles. The highest BCUT2D eigenvalue weighted by atomic mass is 32.2.